The monoisotopic (exact) mass is 212 g/mol. The molecule has 1 saturated heterocycles. The summed E-state index contributed by atoms with van der Waals surface area (Å²) in [5.41, 5.74) is 1.08. The number of halogens is 1. The predicted octanol–water partition coefficient (Wildman–Crippen LogP) is 1.96. The second kappa shape index (κ2) is 4.15. The van der Waals surface area contributed by atoms with Crippen LogP contribution in [0.2, 0.25) is 5.02 Å². The first-order valence-electron chi connectivity index (χ1n) is 4.72. The number of morpholine rings is 1. The molecule has 0 aliphatic carbocycles. The molecule has 0 saturated carbocycles. The Morgan fingerprint density at radius 2 is 2.43 bits per heavy atom. The van der Waals surface area contributed by atoms with E-state index in [9.17, 15) is 0 Å². The fourth-order valence-electron chi connectivity index (χ4n) is 1.67. The number of rotatable bonds is 1. The third-order valence-electron chi connectivity index (χ3n) is 2.39. The zero-order valence-electron chi connectivity index (χ0n) is 8.11. The molecule has 1 aromatic heterocycles. The van der Waals surface area contributed by atoms with E-state index in [1.54, 1.807) is 6.20 Å². The molecule has 2 rings (SSSR count). The molecular formula is C10H13ClN2O. The van der Waals surface area contributed by atoms with Crippen molar-refractivity contribution in [1.29, 1.82) is 0 Å². The van der Waals surface area contributed by atoms with E-state index in [2.05, 4.69) is 16.8 Å². The lowest BCUT2D eigenvalue weighted by Crippen LogP contribution is -2.43. The van der Waals surface area contributed by atoms with Gasteiger partial charge >= 0.3 is 0 Å². The smallest absolute Gasteiger partial charge is 0.0668 e. The minimum atomic E-state index is 0.393. The third-order valence-corrected chi connectivity index (χ3v) is 2.60. The molecule has 0 bridgehead atoms. The van der Waals surface area contributed by atoms with E-state index in [0.717, 1.165) is 25.4 Å². The summed E-state index contributed by atoms with van der Waals surface area (Å²) in [6.45, 7) is 4.59. The number of aromatic nitrogens is 1. The summed E-state index contributed by atoms with van der Waals surface area (Å²) < 4.78 is 5.37. The highest BCUT2D eigenvalue weighted by molar-refractivity contribution is 6.30. The maximum Gasteiger partial charge on any atom is 0.0668 e. The van der Waals surface area contributed by atoms with Crippen LogP contribution in [0.15, 0.2) is 18.5 Å². The first kappa shape index (κ1) is 9.74. The molecule has 0 unspecified atom stereocenters. The van der Waals surface area contributed by atoms with Gasteiger partial charge in [-0.1, -0.05) is 11.6 Å². The van der Waals surface area contributed by atoms with Gasteiger partial charge in [0.15, 0.2) is 0 Å². The average Bonchev–Trinajstić information content (AvgIpc) is 2.18. The number of anilines is 1. The molecule has 2 heterocycles. The third kappa shape index (κ3) is 1.99. The quantitative estimate of drug-likeness (QED) is 0.712. The van der Waals surface area contributed by atoms with Crippen molar-refractivity contribution in [3.63, 3.8) is 0 Å². The van der Waals surface area contributed by atoms with Crippen LogP contribution in [-0.2, 0) is 4.74 Å². The van der Waals surface area contributed by atoms with E-state index < -0.39 is 0 Å². The van der Waals surface area contributed by atoms with Gasteiger partial charge in [-0.15, -0.1) is 0 Å². The van der Waals surface area contributed by atoms with E-state index in [0.29, 0.717) is 11.1 Å². The number of hydrogen-bond acceptors (Lipinski definition) is 3. The topological polar surface area (TPSA) is 25.4 Å². The molecular weight excluding hydrogens is 200 g/mol. The molecule has 0 N–H and O–H groups in total. The lowest BCUT2D eigenvalue weighted by Gasteiger charge is -2.34. The summed E-state index contributed by atoms with van der Waals surface area (Å²) in [6, 6.07) is 2.33. The molecule has 1 atom stereocenters. The fourth-order valence-corrected chi connectivity index (χ4v) is 1.84. The standard InChI is InChI=1S/C10H13ClN2O/c1-8-7-14-3-2-13(8)10-4-9(11)5-12-6-10/h4-6,8H,2-3,7H2,1H3/t8-/m1/s1. The van der Waals surface area contributed by atoms with Crippen molar-refractivity contribution in [3.8, 4) is 0 Å². The molecule has 0 amide bonds. The number of ether oxygens (including phenoxy) is 1. The highest BCUT2D eigenvalue weighted by Crippen LogP contribution is 2.21. The Balaban J connectivity index is 2.20. The van der Waals surface area contributed by atoms with Crippen molar-refractivity contribution in [3.05, 3.63) is 23.5 Å². The van der Waals surface area contributed by atoms with Crippen molar-refractivity contribution in [2.45, 2.75) is 13.0 Å². The van der Waals surface area contributed by atoms with Crippen molar-refractivity contribution in [1.82, 2.24) is 4.98 Å². The van der Waals surface area contributed by atoms with E-state index in [4.69, 9.17) is 16.3 Å². The van der Waals surface area contributed by atoms with Crippen LogP contribution in [0.5, 0.6) is 0 Å². The molecule has 4 heteroatoms. The number of hydrogen-bond donors (Lipinski definition) is 0. The Morgan fingerprint density at radius 3 is 3.14 bits per heavy atom. The van der Waals surface area contributed by atoms with E-state index in [-0.39, 0.29) is 0 Å². The second-order valence-corrected chi connectivity index (χ2v) is 3.92. The summed E-state index contributed by atoms with van der Waals surface area (Å²) >= 11 is 5.89. The lowest BCUT2D eigenvalue weighted by atomic mass is 10.2. The van der Waals surface area contributed by atoms with Gasteiger partial charge in [0.1, 0.15) is 0 Å². The molecule has 0 spiro atoms. The number of pyridine rings is 1. The zero-order valence-corrected chi connectivity index (χ0v) is 8.87. The summed E-state index contributed by atoms with van der Waals surface area (Å²) in [6.07, 6.45) is 3.49. The second-order valence-electron chi connectivity index (χ2n) is 3.48. The van der Waals surface area contributed by atoms with Crippen LogP contribution in [0, 0.1) is 0 Å². The Morgan fingerprint density at radius 1 is 1.57 bits per heavy atom. The van der Waals surface area contributed by atoms with Crippen LogP contribution in [0.25, 0.3) is 0 Å². The molecule has 76 valence electrons. The molecule has 0 radical (unpaired) electrons. The Kier molecular flexibility index (Phi) is 2.89. The molecule has 3 nitrogen and oxygen atoms in total. The van der Waals surface area contributed by atoms with Gasteiger partial charge in [0, 0.05) is 18.8 Å². The minimum Gasteiger partial charge on any atom is -0.377 e. The maximum atomic E-state index is 5.89. The highest BCUT2D eigenvalue weighted by atomic mass is 35.5. The highest BCUT2D eigenvalue weighted by Gasteiger charge is 2.19. The van der Waals surface area contributed by atoms with E-state index >= 15 is 0 Å². The van der Waals surface area contributed by atoms with Crippen LogP contribution in [0.4, 0.5) is 5.69 Å². The molecule has 1 aliphatic heterocycles. The average molecular weight is 213 g/mol. The normalized spacial score (nSPS) is 22.4. The van der Waals surface area contributed by atoms with E-state index in [1.807, 2.05) is 12.3 Å². The van der Waals surface area contributed by atoms with Crippen LogP contribution in [-0.4, -0.2) is 30.8 Å². The summed E-state index contributed by atoms with van der Waals surface area (Å²) in [7, 11) is 0. The SMILES string of the molecule is C[C@@H]1COCCN1c1cncc(Cl)c1. The molecule has 1 fully saturated rings. The van der Waals surface area contributed by atoms with Crippen LogP contribution < -0.4 is 4.90 Å². The van der Waals surface area contributed by atoms with Crippen molar-refractivity contribution in [2.75, 3.05) is 24.7 Å². The summed E-state index contributed by atoms with van der Waals surface area (Å²) in [5, 5.41) is 0.682. The fraction of sp³-hybridized carbons (Fsp3) is 0.500. The summed E-state index contributed by atoms with van der Waals surface area (Å²) in [5.74, 6) is 0. The van der Waals surface area contributed by atoms with Gasteiger partial charge in [-0.05, 0) is 13.0 Å². The molecule has 0 aromatic carbocycles. The molecule has 14 heavy (non-hydrogen) atoms. The van der Waals surface area contributed by atoms with Crippen LogP contribution >= 0.6 is 11.6 Å². The predicted molar refractivity (Wildman–Crippen MR) is 56.9 cm³/mol. The van der Waals surface area contributed by atoms with Gasteiger partial charge < -0.3 is 9.64 Å². The summed E-state index contributed by atoms with van der Waals surface area (Å²) in [4.78, 5) is 6.35. The largest absolute Gasteiger partial charge is 0.377 e. The van der Waals surface area contributed by atoms with Crippen LogP contribution in [0.3, 0.4) is 0 Å². The minimum absolute atomic E-state index is 0.393. The molecule has 1 aliphatic rings. The Hall–Kier alpha value is -0.800. The van der Waals surface area contributed by atoms with Gasteiger partial charge in [-0.2, -0.15) is 0 Å². The van der Waals surface area contributed by atoms with Gasteiger partial charge in [-0.25, -0.2) is 0 Å². The Bertz CT molecular complexity index is 319. The van der Waals surface area contributed by atoms with Crippen molar-refractivity contribution in [2.24, 2.45) is 0 Å². The van der Waals surface area contributed by atoms with Gasteiger partial charge in [-0.3, -0.25) is 4.98 Å². The van der Waals surface area contributed by atoms with Crippen molar-refractivity contribution < 1.29 is 4.74 Å². The van der Waals surface area contributed by atoms with Gasteiger partial charge in [0.25, 0.3) is 0 Å². The molecule has 1 aromatic rings. The lowest BCUT2D eigenvalue weighted by molar-refractivity contribution is 0.0989. The Labute approximate surface area is 88.6 Å². The van der Waals surface area contributed by atoms with Crippen molar-refractivity contribution >= 4 is 17.3 Å². The first-order valence-corrected chi connectivity index (χ1v) is 5.10. The van der Waals surface area contributed by atoms with Crippen LogP contribution in [0.1, 0.15) is 6.92 Å². The zero-order chi connectivity index (χ0) is 9.97. The first-order chi connectivity index (χ1) is 6.77. The van der Waals surface area contributed by atoms with E-state index in [1.165, 1.54) is 0 Å². The van der Waals surface area contributed by atoms with Gasteiger partial charge in [0.05, 0.1) is 30.1 Å². The number of nitrogens with zero attached hydrogens (tertiary/aromatic N) is 2. The van der Waals surface area contributed by atoms with Gasteiger partial charge in [0.2, 0.25) is 0 Å². The maximum absolute atomic E-state index is 5.89.